The summed E-state index contributed by atoms with van der Waals surface area (Å²) in [4.78, 5) is 72.6. The summed E-state index contributed by atoms with van der Waals surface area (Å²) >= 11 is 3.27. The molecule has 6 aliphatic rings. The Balaban J connectivity index is 0.000000120. The van der Waals surface area contributed by atoms with Crippen LogP contribution in [-0.4, -0.2) is 115 Å². The lowest BCUT2D eigenvalue weighted by Gasteiger charge is -2.15. The number of benzene rings is 3. The molecule has 3 aromatic carbocycles. The van der Waals surface area contributed by atoms with Crippen molar-refractivity contribution >= 4 is 51.1 Å². The van der Waals surface area contributed by atoms with Crippen LogP contribution in [0.1, 0.15) is 132 Å². The van der Waals surface area contributed by atoms with Crippen LogP contribution in [0.2, 0.25) is 0 Å². The summed E-state index contributed by atoms with van der Waals surface area (Å²) < 4.78 is 17.9. The molecule has 506 valence electrons. The Kier molecular flexibility index (Phi) is 18.0. The zero-order valence-corrected chi connectivity index (χ0v) is 57.6. The third-order valence-electron chi connectivity index (χ3n) is 17.8. The quantitative estimate of drug-likeness (QED) is 0.0934. The number of methoxy groups -OCH3 is 1. The fourth-order valence-corrected chi connectivity index (χ4v) is 12.6. The van der Waals surface area contributed by atoms with Gasteiger partial charge in [-0.3, -0.25) is 44.0 Å². The molecule has 0 saturated heterocycles. The number of phenols is 1. The van der Waals surface area contributed by atoms with Gasteiger partial charge < -0.3 is 28.3 Å². The Bertz CT molecular complexity index is 5070. The van der Waals surface area contributed by atoms with Crippen molar-refractivity contribution in [3.05, 3.63) is 217 Å². The molecule has 0 radical (unpaired) electrons. The average molecular weight is 1410 g/mol. The van der Waals surface area contributed by atoms with E-state index in [0.29, 0.717) is 111 Å². The van der Waals surface area contributed by atoms with Crippen LogP contribution in [0.15, 0.2) is 184 Å². The number of carbonyl (C=O) groups is 3. The number of fused-ring (bicyclic) bond motifs is 3. The predicted octanol–water partition coefficient (Wildman–Crippen LogP) is 14.0. The first kappa shape index (κ1) is 65.2. The Morgan fingerprint density at radius 2 is 0.792 bits per heavy atom. The van der Waals surface area contributed by atoms with Gasteiger partial charge in [0.05, 0.1) is 32.8 Å². The number of aromatic hydroxyl groups is 1. The highest BCUT2D eigenvalue weighted by molar-refractivity contribution is 9.09. The zero-order chi connectivity index (χ0) is 69.4. The molecule has 3 aliphatic carbocycles. The van der Waals surface area contributed by atoms with Crippen LogP contribution < -0.4 is 24.2 Å². The van der Waals surface area contributed by atoms with E-state index in [1.165, 1.54) is 0 Å². The molecular formula is C76H69BrN18O6. The van der Waals surface area contributed by atoms with Crippen molar-refractivity contribution in [2.45, 2.75) is 115 Å². The van der Waals surface area contributed by atoms with Gasteiger partial charge in [0.25, 0.3) is 17.7 Å². The topological polar surface area (TPSA) is 269 Å². The van der Waals surface area contributed by atoms with Crippen LogP contribution in [0.25, 0.3) is 67.9 Å². The molecule has 3 amide bonds. The molecule has 1 N–H and O–H groups in total. The summed E-state index contributed by atoms with van der Waals surface area (Å²) in [6.45, 7) is 9.37. The molecular weight excluding hydrogens is 1340 g/mol. The molecule has 24 nitrogen and oxygen atoms in total. The molecule has 3 aliphatic heterocycles. The first-order valence-corrected chi connectivity index (χ1v) is 34.5. The van der Waals surface area contributed by atoms with Gasteiger partial charge in [-0.05, 0) is 160 Å². The number of amides is 3. The molecule has 0 bridgehead atoms. The van der Waals surface area contributed by atoms with Gasteiger partial charge >= 0.3 is 0 Å². The highest BCUT2D eigenvalue weighted by atomic mass is 79.9. The van der Waals surface area contributed by atoms with Crippen molar-refractivity contribution in [2.24, 2.45) is 0 Å². The smallest absolute Gasteiger partial charge is 0.260 e. The number of carbonyl (C=O) groups excluding carboxylic acids is 3. The van der Waals surface area contributed by atoms with E-state index in [-0.39, 0.29) is 29.6 Å². The van der Waals surface area contributed by atoms with E-state index >= 15 is 0 Å². The van der Waals surface area contributed by atoms with E-state index in [9.17, 15) is 19.5 Å². The van der Waals surface area contributed by atoms with Gasteiger partial charge in [0.1, 0.15) is 70.8 Å². The van der Waals surface area contributed by atoms with E-state index < -0.39 is 0 Å². The number of hydrogen-bond acceptors (Lipinski definition) is 18. The van der Waals surface area contributed by atoms with Crippen molar-refractivity contribution in [1.82, 2.24) is 74.2 Å². The van der Waals surface area contributed by atoms with Gasteiger partial charge in [-0.1, -0.05) is 66.2 Å². The lowest BCUT2D eigenvalue weighted by molar-refractivity contribution is 0.0988. The number of hydrogen-bond donors (Lipinski definition) is 1. The molecule has 0 spiro atoms. The van der Waals surface area contributed by atoms with Crippen LogP contribution in [0.5, 0.6) is 17.2 Å². The van der Waals surface area contributed by atoms with Crippen LogP contribution in [0.3, 0.4) is 0 Å². The summed E-state index contributed by atoms with van der Waals surface area (Å²) in [5.41, 5.74) is 11.4. The maximum Gasteiger partial charge on any atom is 0.260 e. The van der Waals surface area contributed by atoms with E-state index in [2.05, 4.69) is 84.5 Å². The number of nitrogens with zero attached hydrogens (tertiary/aromatic N) is 18. The molecule has 12 aromatic rings. The van der Waals surface area contributed by atoms with Gasteiger partial charge in [-0.25, -0.2) is 15.0 Å². The number of alkyl halides is 1. The van der Waals surface area contributed by atoms with Crippen LogP contribution in [0, 0.1) is 0 Å². The summed E-state index contributed by atoms with van der Waals surface area (Å²) in [5, 5.41) is 35.5. The molecule has 101 heavy (non-hydrogen) atoms. The minimum Gasteiger partial charge on any atom is -0.507 e. The molecule has 25 heteroatoms. The number of pyridine rings is 6. The van der Waals surface area contributed by atoms with E-state index in [1.54, 1.807) is 96.2 Å². The maximum atomic E-state index is 13.5. The second-order valence-electron chi connectivity index (χ2n) is 25.8. The van der Waals surface area contributed by atoms with Crippen molar-refractivity contribution < 1.29 is 29.0 Å². The standard InChI is InChI=1S/C26H24N6O2.C24H20N6O2.C23H18N6O2.C3H7Br/c1-16(2)34-23-11-18-14-31(26(33)21(18)12-20(23)17-5-4-10-27-13-17)24-7-3-6-22(29-24)25-30-28-15-32(25)19-8-9-19;1-32-21-10-16-13-29(24(31)19(16)11-18(21)15-4-3-9-25-12-15)22-6-2-5-20(27-22)23-28-26-14-30(23)17-7-8-17;30-20-9-15-12-28(23(31)18(15)10-17(20)14-3-2-8-24-11-14)21-5-1-4-19(26-21)22-27-25-13-29(22)16-6-7-16;1-3(2)4/h3-7,10-13,15-16,19H,8-9,14H2,1-2H3;2-6,9-12,14,17H,7-8,13H2,1H3;1-5,8-11,13,16,30H,6-7,12H2;3H,1-2H3. The normalized spacial score (nSPS) is 15.0. The van der Waals surface area contributed by atoms with Gasteiger partial charge in [0.2, 0.25) is 0 Å². The summed E-state index contributed by atoms with van der Waals surface area (Å²) in [6, 6.07) is 40.7. The van der Waals surface area contributed by atoms with Crippen LogP contribution >= 0.6 is 15.9 Å². The fraction of sp³-hybridized carbons (Fsp3) is 0.250. The molecule has 0 atom stereocenters. The zero-order valence-electron chi connectivity index (χ0n) is 56.0. The van der Waals surface area contributed by atoms with Gasteiger partial charge in [0.15, 0.2) is 17.5 Å². The first-order valence-electron chi connectivity index (χ1n) is 33.6. The lowest BCUT2D eigenvalue weighted by Crippen LogP contribution is -2.24. The molecule has 12 heterocycles. The Hall–Kier alpha value is -11.7. The minimum absolute atomic E-state index is 0.00356. The molecule has 3 saturated carbocycles. The number of ether oxygens (including phenoxy) is 2. The fourth-order valence-electron chi connectivity index (χ4n) is 12.6. The minimum atomic E-state index is -0.145. The Labute approximate surface area is 590 Å². The van der Waals surface area contributed by atoms with E-state index in [0.717, 1.165) is 100 Å². The van der Waals surface area contributed by atoms with Crippen molar-refractivity contribution in [2.75, 3.05) is 21.8 Å². The van der Waals surface area contributed by atoms with Crippen molar-refractivity contribution in [3.63, 3.8) is 0 Å². The van der Waals surface area contributed by atoms with Gasteiger partial charge in [-0.15, -0.1) is 30.6 Å². The highest BCUT2D eigenvalue weighted by Crippen LogP contribution is 2.44. The van der Waals surface area contributed by atoms with E-state index in [4.69, 9.17) is 24.4 Å². The summed E-state index contributed by atoms with van der Waals surface area (Å²) in [7, 11) is 1.64. The van der Waals surface area contributed by atoms with Gasteiger partial charge in [-0.2, -0.15) is 0 Å². The Morgan fingerprint density at radius 1 is 0.446 bits per heavy atom. The maximum absolute atomic E-state index is 13.5. The number of anilines is 3. The first-order chi connectivity index (χ1) is 49.2. The Morgan fingerprint density at radius 3 is 1.14 bits per heavy atom. The second-order valence-corrected chi connectivity index (χ2v) is 27.7. The van der Waals surface area contributed by atoms with Crippen molar-refractivity contribution in [3.8, 4) is 85.2 Å². The summed E-state index contributed by atoms with van der Waals surface area (Å²) in [6.07, 6.45) is 22.4. The third-order valence-corrected chi connectivity index (χ3v) is 17.8. The monoisotopic (exact) mass is 1410 g/mol. The second kappa shape index (κ2) is 27.9. The summed E-state index contributed by atoms with van der Waals surface area (Å²) in [5.74, 6) is 5.20. The predicted molar refractivity (Wildman–Crippen MR) is 383 cm³/mol. The molecule has 0 unspecified atom stereocenters. The van der Waals surface area contributed by atoms with Crippen LogP contribution in [-0.2, 0) is 19.6 Å². The SMILES string of the molecule is CC(C)Br.CC(C)Oc1cc2c(cc1-c1cccnc1)C(=O)N(c1cccc(-c3nncn3C3CC3)n1)C2.COc1cc2c(cc1-c1cccnc1)C(=O)N(c1cccc(-c3nncn3C3CC3)n1)C2.O=C1c2cc(-c3cccnc3)c(O)cc2CN1c1cccc(-c2nncn2C2CC2)n1. The lowest BCUT2D eigenvalue weighted by atomic mass is 10.00. The number of phenolic OH excluding ortho intramolecular Hbond substituents is 1. The molecule has 18 rings (SSSR count). The highest BCUT2D eigenvalue weighted by Gasteiger charge is 2.37. The molecule has 9 aromatic heterocycles. The van der Waals surface area contributed by atoms with E-state index in [1.807, 2.05) is 128 Å². The van der Waals surface area contributed by atoms with Crippen molar-refractivity contribution in [1.29, 1.82) is 0 Å². The van der Waals surface area contributed by atoms with Crippen LogP contribution in [0.4, 0.5) is 17.5 Å². The molecule has 3 fully saturated rings. The number of rotatable bonds is 15. The van der Waals surface area contributed by atoms with Gasteiger partial charge in [0, 0.05) is 110 Å². The average Bonchev–Trinajstić information content (AvgIpc) is 1.64. The largest absolute Gasteiger partial charge is 0.507 e. The third kappa shape index (κ3) is 13.7. The number of aromatic nitrogens is 15. The number of halogens is 1.